The Morgan fingerprint density at radius 2 is 1.29 bits per heavy atom. The zero-order chi connectivity index (χ0) is 34.8. The number of hydrogen-bond donors (Lipinski definition) is 4. The molecule has 0 aliphatic heterocycles. The summed E-state index contributed by atoms with van der Waals surface area (Å²) in [7, 11) is 0. The van der Waals surface area contributed by atoms with E-state index >= 15 is 4.39 Å². The standard InChI is InChI=1S/C39H41BrFN3O3S/c1-37(2,41)26-33(44-38(3,24-13-25-45)28-20-22-32(40)23-21-28)36(47)43-34(35(42)46)27-48-39(29-14-7-4-8-15-29,30-16-9-5-10-17-30)31-18-11-6-12-19-31/h4-12,14-23,33-34,44-45H,25-27H2,1-3H3,(H2,42,46)(H,43,47)/t33-,34-,38-/m0/s1. The molecule has 48 heavy (non-hydrogen) atoms. The molecule has 0 unspecified atom stereocenters. The molecule has 2 amide bonds. The van der Waals surface area contributed by atoms with Crippen molar-refractivity contribution < 1.29 is 19.1 Å². The summed E-state index contributed by atoms with van der Waals surface area (Å²) in [6.45, 7) is 4.15. The minimum atomic E-state index is -1.75. The zero-order valence-corrected chi connectivity index (χ0v) is 29.7. The highest BCUT2D eigenvalue weighted by molar-refractivity contribution is 9.10. The average Bonchev–Trinajstić information content (AvgIpc) is 3.07. The van der Waals surface area contributed by atoms with E-state index in [1.54, 1.807) is 6.92 Å². The van der Waals surface area contributed by atoms with Crippen LogP contribution in [0.4, 0.5) is 4.39 Å². The highest BCUT2D eigenvalue weighted by Crippen LogP contribution is 2.48. The van der Waals surface area contributed by atoms with Gasteiger partial charge in [0.05, 0.1) is 10.8 Å². The van der Waals surface area contributed by atoms with Gasteiger partial charge in [0.25, 0.3) is 0 Å². The Kier molecular flexibility index (Phi) is 12.6. The van der Waals surface area contributed by atoms with E-state index in [0.717, 1.165) is 21.2 Å². The van der Waals surface area contributed by atoms with Crippen molar-refractivity contribution in [3.63, 3.8) is 0 Å². The maximum absolute atomic E-state index is 15.2. The van der Waals surface area contributed by atoms with Gasteiger partial charge in [0.1, 0.15) is 23.9 Å². The number of primary amides is 1. The number of nitrogens with one attached hydrogen (secondary N) is 2. The smallest absolute Gasteiger partial charge is 0.240 e. The molecule has 0 fully saturated rings. The van der Waals surface area contributed by atoms with Crippen molar-refractivity contribution in [3.05, 3.63) is 142 Å². The third-order valence-corrected chi connectivity index (χ3v) is 10.1. The number of alkyl halides is 1. The van der Waals surface area contributed by atoms with Gasteiger partial charge < -0.3 is 16.2 Å². The Hall–Kier alpha value is -3.94. The van der Waals surface area contributed by atoms with E-state index in [2.05, 4.69) is 38.4 Å². The predicted molar refractivity (Wildman–Crippen MR) is 196 cm³/mol. The van der Waals surface area contributed by atoms with Crippen molar-refractivity contribution in [2.75, 3.05) is 12.4 Å². The maximum atomic E-state index is 15.2. The van der Waals surface area contributed by atoms with E-state index in [-0.39, 0.29) is 12.2 Å². The first-order valence-corrected chi connectivity index (χ1v) is 17.4. The largest absolute Gasteiger partial charge is 0.384 e. The van der Waals surface area contributed by atoms with Crippen LogP contribution in [0.3, 0.4) is 0 Å². The van der Waals surface area contributed by atoms with Gasteiger partial charge >= 0.3 is 0 Å². The topological polar surface area (TPSA) is 104 Å². The van der Waals surface area contributed by atoms with Crippen LogP contribution in [0.2, 0.25) is 0 Å². The molecular weight excluding hydrogens is 689 g/mol. The van der Waals surface area contributed by atoms with Gasteiger partial charge in [-0.1, -0.05) is 131 Å². The Morgan fingerprint density at radius 3 is 1.71 bits per heavy atom. The number of thioether (sulfide) groups is 1. The molecule has 0 heterocycles. The van der Waals surface area contributed by atoms with Crippen LogP contribution in [0.5, 0.6) is 0 Å². The van der Waals surface area contributed by atoms with Gasteiger partial charge in [-0.05, 0) is 55.2 Å². The van der Waals surface area contributed by atoms with Crippen molar-refractivity contribution >= 4 is 39.5 Å². The van der Waals surface area contributed by atoms with E-state index in [1.165, 1.54) is 25.6 Å². The lowest BCUT2D eigenvalue weighted by atomic mass is 9.84. The number of benzene rings is 4. The lowest BCUT2D eigenvalue weighted by Crippen LogP contribution is -2.57. The van der Waals surface area contributed by atoms with Gasteiger partial charge in [-0.15, -0.1) is 11.8 Å². The summed E-state index contributed by atoms with van der Waals surface area (Å²) in [5, 5.41) is 15.6. The molecule has 0 saturated heterocycles. The van der Waals surface area contributed by atoms with Crippen LogP contribution in [0, 0.1) is 11.8 Å². The fourth-order valence-corrected chi connectivity index (χ4v) is 7.52. The van der Waals surface area contributed by atoms with Crippen molar-refractivity contribution in [3.8, 4) is 11.8 Å². The molecule has 4 rings (SSSR count). The summed E-state index contributed by atoms with van der Waals surface area (Å²) in [5.74, 6) is 4.50. The van der Waals surface area contributed by atoms with E-state index < -0.39 is 46.5 Å². The first kappa shape index (κ1) is 36.9. The number of carbonyl (C=O) groups is 2. The summed E-state index contributed by atoms with van der Waals surface area (Å²) in [4.78, 5) is 27.0. The maximum Gasteiger partial charge on any atom is 0.240 e. The molecule has 5 N–H and O–H groups in total. The fraction of sp³-hybridized carbons (Fsp3) is 0.282. The number of nitrogens with two attached hydrogens (primary N) is 1. The normalized spacial score (nSPS) is 14.1. The number of aliphatic hydroxyl groups excluding tert-OH is 1. The molecule has 6 nitrogen and oxygen atoms in total. The summed E-state index contributed by atoms with van der Waals surface area (Å²) in [6, 6.07) is 35.1. The Balaban J connectivity index is 1.70. The fourth-order valence-electron chi connectivity index (χ4n) is 5.68. The number of amides is 2. The first-order valence-electron chi connectivity index (χ1n) is 15.6. The van der Waals surface area contributed by atoms with Gasteiger partial charge in [-0.25, -0.2) is 4.39 Å². The highest BCUT2D eigenvalue weighted by Gasteiger charge is 2.40. The Labute approximate surface area is 295 Å². The minimum Gasteiger partial charge on any atom is -0.384 e. The van der Waals surface area contributed by atoms with E-state index in [4.69, 9.17) is 5.73 Å². The van der Waals surface area contributed by atoms with Gasteiger partial charge in [0.15, 0.2) is 0 Å². The number of aliphatic hydroxyl groups is 1. The van der Waals surface area contributed by atoms with Crippen molar-refractivity contribution in [1.29, 1.82) is 0 Å². The second-order valence-corrected chi connectivity index (χ2v) is 14.4. The SMILES string of the molecule is CC(C)(F)C[C@H](N[C@@](C)(C#CCO)c1ccc(Br)cc1)C(=O)N[C@@H](CSC(c1ccccc1)(c1ccccc1)c1ccccc1)C(N)=O. The van der Waals surface area contributed by atoms with Gasteiger partial charge in [-0.2, -0.15) is 0 Å². The van der Waals surface area contributed by atoms with Crippen molar-refractivity contribution in [2.45, 2.75) is 55.2 Å². The minimum absolute atomic E-state index is 0.125. The third kappa shape index (κ3) is 9.36. The van der Waals surface area contributed by atoms with Crippen LogP contribution in [0.25, 0.3) is 0 Å². The number of rotatable bonds is 14. The molecular formula is C39H41BrFN3O3S. The molecule has 0 radical (unpaired) electrons. The lowest BCUT2D eigenvalue weighted by molar-refractivity contribution is -0.129. The van der Waals surface area contributed by atoms with Crippen molar-refractivity contribution in [1.82, 2.24) is 10.6 Å². The van der Waals surface area contributed by atoms with E-state index in [1.807, 2.05) is 115 Å². The number of hydrogen-bond acceptors (Lipinski definition) is 5. The molecule has 3 atom stereocenters. The molecule has 0 spiro atoms. The molecule has 0 saturated carbocycles. The molecule has 0 aliphatic rings. The van der Waals surface area contributed by atoms with Gasteiger partial charge in [0, 0.05) is 16.6 Å². The summed E-state index contributed by atoms with van der Waals surface area (Å²) < 4.78 is 15.3. The molecule has 0 aliphatic carbocycles. The molecule has 0 bridgehead atoms. The molecule has 9 heteroatoms. The summed E-state index contributed by atoms with van der Waals surface area (Å²) in [5.41, 5.74) is 6.74. The van der Waals surface area contributed by atoms with Gasteiger partial charge in [0.2, 0.25) is 11.8 Å². The zero-order valence-electron chi connectivity index (χ0n) is 27.3. The average molecular weight is 731 g/mol. The Bertz CT molecular complexity index is 1610. The summed E-state index contributed by atoms with van der Waals surface area (Å²) >= 11 is 4.93. The van der Waals surface area contributed by atoms with Crippen LogP contribution < -0.4 is 16.4 Å². The van der Waals surface area contributed by atoms with Crippen LogP contribution in [0.1, 0.15) is 49.4 Å². The quantitative estimate of drug-likeness (QED) is 0.0883. The van der Waals surface area contributed by atoms with E-state index in [9.17, 15) is 14.7 Å². The third-order valence-electron chi connectivity index (χ3n) is 7.98. The monoisotopic (exact) mass is 729 g/mol. The highest BCUT2D eigenvalue weighted by atomic mass is 79.9. The molecule has 4 aromatic carbocycles. The van der Waals surface area contributed by atoms with Crippen molar-refractivity contribution in [2.24, 2.45) is 5.73 Å². The number of halogens is 2. The van der Waals surface area contributed by atoms with Crippen LogP contribution in [0.15, 0.2) is 120 Å². The predicted octanol–water partition coefficient (Wildman–Crippen LogP) is 6.45. The second-order valence-electron chi connectivity index (χ2n) is 12.3. The molecule has 0 aromatic heterocycles. The van der Waals surface area contributed by atoms with Crippen LogP contribution >= 0.6 is 27.7 Å². The molecule has 250 valence electrons. The van der Waals surface area contributed by atoms with Crippen LogP contribution in [-0.4, -0.2) is 47.0 Å². The lowest BCUT2D eigenvalue weighted by Gasteiger charge is -2.37. The number of carbonyl (C=O) groups excluding carboxylic acids is 2. The second kappa shape index (κ2) is 16.4. The first-order chi connectivity index (χ1) is 22.9. The Morgan fingerprint density at radius 1 is 0.812 bits per heavy atom. The summed E-state index contributed by atoms with van der Waals surface area (Å²) in [6.07, 6.45) is -0.216. The van der Waals surface area contributed by atoms with E-state index in [0.29, 0.717) is 5.56 Å². The molecule has 4 aromatic rings. The van der Waals surface area contributed by atoms with Gasteiger partial charge in [-0.3, -0.25) is 14.9 Å². The van der Waals surface area contributed by atoms with Crippen LogP contribution in [-0.2, 0) is 19.9 Å².